The molecule has 0 saturated carbocycles. The van der Waals surface area contributed by atoms with Crippen LogP contribution >= 0.6 is 11.6 Å². The van der Waals surface area contributed by atoms with E-state index in [1.807, 2.05) is 0 Å². The minimum absolute atomic E-state index is 0.0800. The predicted molar refractivity (Wildman–Crippen MR) is 97.9 cm³/mol. The number of anilines is 2. The van der Waals surface area contributed by atoms with Crippen LogP contribution in [0.25, 0.3) is 0 Å². The Kier molecular flexibility index (Phi) is 4.97. The molecule has 0 spiro atoms. The molecule has 3 rings (SSSR count). The maximum absolute atomic E-state index is 12.4. The van der Waals surface area contributed by atoms with Crippen molar-refractivity contribution in [2.75, 3.05) is 10.0 Å². The Morgan fingerprint density at radius 1 is 1.12 bits per heavy atom. The van der Waals surface area contributed by atoms with Crippen LogP contribution < -0.4 is 10.0 Å². The molecule has 0 radical (unpaired) electrons. The van der Waals surface area contributed by atoms with Crippen LogP contribution in [0.15, 0.2) is 64.1 Å². The van der Waals surface area contributed by atoms with E-state index in [0.29, 0.717) is 27.7 Å². The second-order valence-corrected chi connectivity index (χ2v) is 7.51. The van der Waals surface area contributed by atoms with E-state index in [2.05, 4.69) is 15.2 Å². The van der Waals surface area contributed by atoms with Crippen molar-refractivity contribution in [3.05, 3.63) is 71.1 Å². The molecule has 0 aliphatic rings. The first kappa shape index (κ1) is 18.0. The smallest absolute Gasteiger partial charge is 0.261 e. The van der Waals surface area contributed by atoms with Crippen molar-refractivity contribution >= 4 is 38.9 Å². The second-order valence-electron chi connectivity index (χ2n) is 5.39. The number of hydrogen-bond acceptors (Lipinski definition) is 5. The van der Waals surface area contributed by atoms with Crippen molar-refractivity contribution in [2.45, 2.75) is 11.8 Å². The third-order valence-electron chi connectivity index (χ3n) is 3.49. The van der Waals surface area contributed by atoms with Crippen LogP contribution in [0.3, 0.4) is 0 Å². The second kappa shape index (κ2) is 7.19. The Bertz CT molecular complexity index is 1050. The average molecular weight is 392 g/mol. The summed E-state index contributed by atoms with van der Waals surface area (Å²) >= 11 is 5.78. The summed E-state index contributed by atoms with van der Waals surface area (Å²) < 4.78 is 32.2. The van der Waals surface area contributed by atoms with Gasteiger partial charge >= 0.3 is 0 Å². The molecule has 0 aliphatic carbocycles. The van der Waals surface area contributed by atoms with E-state index >= 15 is 0 Å². The van der Waals surface area contributed by atoms with Gasteiger partial charge in [0.2, 0.25) is 0 Å². The average Bonchev–Trinajstić information content (AvgIpc) is 3.01. The van der Waals surface area contributed by atoms with E-state index < -0.39 is 15.9 Å². The van der Waals surface area contributed by atoms with Crippen LogP contribution in [0, 0.1) is 6.92 Å². The zero-order valence-corrected chi connectivity index (χ0v) is 15.1. The number of nitrogens with zero attached hydrogens (tertiary/aromatic N) is 1. The molecule has 134 valence electrons. The molecule has 1 aromatic heterocycles. The first-order valence-electron chi connectivity index (χ1n) is 7.46. The first-order chi connectivity index (χ1) is 12.3. The molecule has 0 atom stereocenters. The van der Waals surface area contributed by atoms with Crippen LogP contribution in [-0.2, 0) is 10.0 Å². The summed E-state index contributed by atoms with van der Waals surface area (Å²) in [4.78, 5) is 12.3. The fraction of sp³-hybridized carbons (Fsp3) is 0.0588. The van der Waals surface area contributed by atoms with Gasteiger partial charge in [-0.15, -0.1) is 0 Å². The molecule has 0 saturated heterocycles. The highest BCUT2D eigenvalue weighted by atomic mass is 35.5. The Balaban J connectivity index is 1.78. The molecule has 2 aromatic carbocycles. The molecule has 0 fully saturated rings. The van der Waals surface area contributed by atoms with Crippen molar-refractivity contribution < 1.29 is 17.7 Å². The van der Waals surface area contributed by atoms with Gasteiger partial charge in [0.05, 0.1) is 16.8 Å². The summed E-state index contributed by atoms with van der Waals surface area (Å²) in [7, 11) is -3.77. The number of carbonyl (C=O) groups excluding carboxylic acids is 1. The molecule has 3 aromatic rings. The largest absolute Gasteiger partial charge is 0.361 e. The molecule has 0 bridgehead atoms. The number of nitrogens with one attached hydrogen (secondary N) is 2. The fourth-order valence-corrected chi connectivity index (χ4v) is 3.38. The normalized spacial score (nSPS) is 11.2. The van der Waals surface area contributed by atoms with Crippen molar-refractivity contribution in [3.8, 4) is 0 Å². The summed E-state index contributed by atoms with van der Waals surface area (Å²) in [5.74, 6) is -0.0106. The Morgan fingerprint density at radius 3 is 2.46 bits per heavy atom. The monoisotopic (exact) mass is 391 g/mol. The standard InChI is InChI=1S/C17H14ClN3O4S/c1-11-16(10-19-25-11)17(22)20-13-3-2-4-14(9-13)21-26(23,24)15-7-5-12(18)6-8-15/h2-10,21H,1H3,(H,20,22). The zero-order chi connectivity index (χ0) is 18.7. The summed E-state index contributed by atoms with van der Waals surface area (Å²) in [6, 6.07) is 12.1. The van der Waals surface area contributed by atoms with E-state index in [9.17, 15) is 13.2 Å². The van der Waals surface area contributed by atoms with Gasteiger partial charge in [0.15, 0.2) is 0 Å². The maximum atomic E-state index is 12.4. The van der Waals surface area contributed by atoms with Gasteiger partial charge in [-0.1, -0.05) is 22.8 Å². The fourth-order valence-electron chi connectivity index (χ4n) is 2.20. The number of sulfonamides is 1. The number of amides is 1. The summed E-state index contributed by atoms with van der Waals surface area (Å²) in [6.07, 6.45) is 1.32. The van der Waals surface area contributed by atoms with E-state index in [4.69, 9.17) is 16.1 Å². The number of hydrogen-bond donors (Lipinski definition) is 2. The van der Waals surface area contributed by atoms with Crippen molar-refractivity contribution in [1.29, 1.82) is 0 Å². The molecule has 26 heavy (non-hydrogen) atoms. The number of rotatable bonds is 5. The van der Waals surface area contributed by atoms with Gasteiger partial charge in [0.1, 0.15) is 11.3 Å². The predicted octanol–water partition coefficient (Wildman–Crippen LogP) is 3.69. The van der Waals surface area contributed by atoms with Crippen LogP contribution in [0.2, 0.25) is 5.02 Å². The van der Waals surface area contributed by atoms with Crippen molar-refractivity contribution in [2.24, 2.45) is 0 Å². The summed E-state index contributed by atoms with van der Waals surface area (Å²) in [5, 5.41) is 6.66. The topological polar surface area (TPSA) is 101 Å². The SMILES string of the molecule is Cc1oncc1C(=O)Nc1cccc(NS(=O)(=O)c2ccc(Cl)cc2)c1. The third-order valence-corrected chi connectivity index (χ3v) is 5.14. The zero-order valence-electron chi connectivity index (χ0n) is 13.6. The minimum Gasteiger partial charge on any atom is -0.361 e. The maximum Gasteiger partial charge on any atom is 0.261 e. The van der Waals surface area contributed by atoms with Gasteiger partial charge in [0, 0.05) is 10.7 Å². The van der Waals surface area contributed by atoms with Gasteiger partial charge in [-0.3, -0.25) is 9.52 Å². The van der Waals surface area contributed by atoms with E-state index in [1.165, 1.54) is 36.5 Å². The molecular formula is C17H14ClN3O4S. The van der Waals surface area contributed by atoms with E-state index in [-0.39, 0.29) is 4.90 Å². The molecule has 9 heteroatoms. The lowest BCUT2D eigenvalue weighted by Gasteiger charge is -2.10. The van der Waals surface area contributed by atoms with E-state index in [0.717, 1.165) is 0 Å². The van der Waals surface area contributed by atoms with Gasteiger partial charge in [-0.2, -0.15) is 0 Å². The summed E-state index contributed by atoms with van der Waals surface area (Å²) in [6.45, 7) is 1.62. The van der Waals surface area contributed by atoms with Gasteiger partial charge in [0.25, 0.3) is 15.9 Å². The molecule has 1 amide bonds. The highest BCUT2D eigenvalue weighted by Gasteiger charge is 2.16. The highest BCUT2D eigenvalue weighted by Crippen LogP contribution is 2.21. The van der Waals surface area contributed by atoms with Crippen molar-refractivity contribution in [1.82, 2.24) is 5.16 Å². The first-order valence-corrected chi connectivity index (χ1v) is 9.32. The lowest BCUT2D eigenvalue weighted by Crippen LogP contribution is -2.14. The number of aromatic nitrogens is 1. The van der Waals surface area contributed by atoms with E-state index in [1.54, 1.807) is 25.1 Å². The Morgan fingerprint density at radius 2 is 1.81 bits per heavy atom. The van der Waals surface area contributed by atoms with Crippen LogP contribution in [0.4, 0.5) is 11.4 Å². The number of benzene rings is 2. The third kappa shape index (κ3) is 4.04. The lowest BCUT2D eigenvalue weighted by molar-refractivity contribution is 0.102. The number of carbonyl (C=O) groups is 1. The van der Waals surface area contributed by atoms with Crippen LogP contribution in [-0.4, -0.2) is 19.5 Å². The Labute approximate surface area is 155 Å². The molecule has 1 heterocycles. The summed E-state index contributed by atoms with van der Waals surface area (Å²) in [5.41, 5.74) is 1.03. The number of halogens is 1. The van der Waals surface area contributed by atoms with Crippen molar-refractivity contribution in [3.63, 3.8) is 0 Å². The molecule has 0 aliphatic heterocycles. The molecule has 2 N–H and O–H groups in total. The minimum atomic E-state index is -3.77. The van der Waals surface area contributed by atoms with Gasteiger partial charge in [-0.25, -0.2) is 8.42 Å². The van der Waals surface area contributed by atoms with Gasteiger partial charge < -0.3 is 9.84 Å². The Hall–Kier alpha value is -2.84. The molecule has 7 nitrogen and oxygen atoms in total. The van der Waals surface area contributed by atoms with Gasteiger partial charge in [-0.05, 0) is 49.4 Å². The lowest BCUT2D eigenvalue weighted by atomic mass is 10.2. The number of aryl methyl sites for hydroxylation is 1. The molecular weight excluding hydrogens is 378 g/mol. The molecule has 0 unspecified atom stereocenters. The quantitative estimate of drug-likeness (QED) is 0.690. The highest BCUT2D eigenvalue weighted by molar-refractivity contribution is 7.92. The van der Waals surface area contributed by atoms with Crippen LogP contribution in [0.5, 0.6) is 0 Å². The van der Waals surface area contributed by atoms with Crippen LogP contribution in [0.1, 0.15) is 16.1 Å².